The Balaban J connectivity index is 2.37. The first-order chi connectivity index (χ1) is 12.5. The van der Waals surface area contributed by atoms with Crippen LogP contribution in [0.4, 0.5) is 17.1 Å². The van der Waals surface area contributed by atoms with Crippen molar-refractivity contribution in [2.24, 2.45) is 0 Å². The summed E-state index contributed by atoms with van der Waals surface area (Å²) in [7, 11) is -3.89. The van der Waals surface area contributed by atoms with Crippen LogP contribution in [0.25, 0.3) is 0 Å². The van der Waals surface area contributed by atoms with Crippen molar-refractivity contribution in [3.05, 3.63) is 62.6 Å². The number of amides is 1. The van der Waals surface area contributed by atoms with E-state index in [2.05, 4.69) is 5.32 Å². The number of hydrogen-bond acceptors (Lipinski definition) is 5. The molecule has 8 nitrogen and oxygen atoms in total. The van der Waals surface area contributed by atoms with Crippen molar-refractivity contribution in [1.82, 2.24) is 0 Å². The standard InChI is InChI=1S/C16H15Cl2N3O5S/c1-10(16(22)19-12-4-3-5-13(9-12)21(23)24)20(27(2,25)26)15-8-11(17)6-7-14(15)18/h3-10H,1-2H3,(H,19,22)/t10-/m0/s1. The molecular weight excluding hydrogens is 417 g/mol. The van der Waals surface area contributed by atoms with Crippen LogP contribution >= 0.6 is 23.2 Å². The zero-order chi connectivity index (χ0) is 20.4. The summed E-state index contributed by atoms with van der Waals surface area (Å²) >= 11 is 12.0. The van der Waals surface area contributed by atoms with Crippen LogP contribution in [0.1, 0.15) is 6.92 Å². The van der Waals surface area contributed by atoms with Crippen molar-refractivity contribution in [3.63, 3.8) is 0 Å². The molecule has 0 spiro atoms. The Morgan fingerprint density at radius 2 is 1.89 bits per heavy atom. The van der Waals surface area contributed by atoms with Crippen LogP contribution in [0.5, 0.6) is 0 Å². The third kappa shape index (κ3) is 5.09. The number of non-ortho nitro benzene ring substituents is 1. The molecular formula is C16H15Cl2N3O5S. The molecule has 0 aromatic heterocycles. The molecule has 0 aliphatic carbocycles. The molecule has 2 aromatic carbocycles. The summed E-state index contributed by atoms with van der Waals surface area (Å²) in [6, 6.07) is 8.34. The minimum Gasteiger partial charge on any atom is -0.324 e. The van der Waals surface area contributed by atoms with Crippen LogP contribution in [0.15, 0.2) is 42.5 Å². The smallest absolute Gasteiger partial charge is 0.271 e. The van der Waals surface area contributed by atoms with Crippen molar-refractivity contribution >= 4 is 56.2 Å². The molecule has 0 fully saturated rings. The highest BCUT2D eigenvalue weighted by Gasteiger charge is 2.31. The van der Waals surface area contributed by atoms with E-state index in [0.29, 0.717) is 0 Å². The Labute approximate surface area is 165 Å². The van der Waals surface area contributed by atoms with Crippen LogP contribution in [-0.4, -0.2) is 31.5 Å². The summed E-state index contributed by atoms with van der Waals surface area (Å²) < 4.78 is 25.4. The molecule has 0 saturated carbocycles. The van der Waals surface area contributed by atoms with Crippen molar-refractivity contribution in [2.45, 2.75) is 13.0 Å². The van der Waals surface area contributed by atoms with E-state index in [1.807, 2.05) is 0 Å². The molecule has 1 amide bonds. The quantitative estimate of drug-likeness (QED) is 0.553. The maximum absolute atomic E-state index is 12.6. The maximum atomic E-state index is 12.6. The van der Waals surface area contributed by atoms with Gasteiger partial charge in [0.1, 0.15) is 6.04 Å². The molecule has 0 aliphatic heterocycles. The number of halogens is 2. The van der Waals surface area contributed by atoms with Crippen LogP contribution in [0, 0.1) is 10.1 Å². The third-order valence-electron chi connectivity index (χ3n) is 3.56. The number of sulfonamides is 1. The van der Waals surface area contributed by atoms with E-state index in [1.54, 1.807) is 0 Å². The number of nitrogens with zero attached hydrogens (tertiary/aromatic N) is 2. The largest absolute Gasteiger partial charge is 0.324 e. The van der Waals surface area contributed by atoms with Gasteiger partial charge >= 0.3 is 0 Å². The second-order valence-corrected chi connectivity index (χ2v) is 8.33. The second-order valence-electron chi connectivity index (χ2n) is 5.63. The van der Waals surface area contributed by atoms with Gasteiger partial charge in [-0.2, -0.15) is 0 Å². The van der Waals surface area contributed by atoms with E-state index >= 15 is 0 Å². The lowest BCUT2D eigenvalue weighted by molar-refractivity contribution is -0.384. The molecule has 0 bridgehead atoms. The fourth-order valence-corrected chi connectivity index (χ4v) is 3.98. The van der Waals surface area contributed by atoms with Crippen molar-refractivity contribution in [1.29, 1.82) is 0 Å². The number of nitrogens with one attached hydrogen (secondary N) is 1. The molecule has 0 radical (unpaired) electrons. The minimum absolute atomic E-state index is 0.0494. The normalized spacial score (nSPS) is 12.3. The van der Waals surface area contributed by atoms with Gasteiger partial charge in [-0.1, -0.05) is 29.3 Å². The number of nitro benzene ring substituents is 1. The predicted octanol–water partition coefficient (Wildman–Crippen LogP) is 3.69. The lowest BCUT2D eigenvalue weighted by atomic mass is 10.2. The predicted molar refractivity (Wildman–Crippen MR) is 105 cm³/mol. The summed E-state index contributed by atoms with van der Waals surface area (Å²) in [5.41, 5.74) is -0.00152. The SMILES string of the molecule is C[C@@H](C(=O)Nc1cccc([N+](=O)[O-])c1)N(c1cc(Cl)ccc1Cl)S(C)(=O)=O. The Morgan fingerprint density at radius 1 is 1.22 bits per heavy atom. The number of nitro groups is 1. The fraction of sp³-hybridized carbons (Fsp3) is 0.188. The molecule has 0 aliphatic rings. The zero-order valence-corrected chi connectivity index (χ0v) is 16.5. The highest BCUT2D eigenvalue weighted by Crippen LogP contribution is 2.32. The van der Waals surface area contributed by atoms with Gasteiger partial charge in [0.25, 0.3) is 5.69 Å². The molecule has 144 valence electrons. The summed E-state index contributed by atoms with van der Waals surface area (Å²) in [5, 5.41) is 13.7. The summed E-state index contributed by atoms with van der Waals surface area (Å²) in [5.74, 6) is -0.697. The number of rotatable bonds is 6. The molecule has 0 saturated heterocycles. The number of hydrogen-bond donors (Lipinski definition) is 1. The van der Waals surface area contributed by atoms with Crippen molar-refractivity contribution < 1.29 is 18.1 Å². The Hall–Kier alpha value is -2.36. The van der Waals surface area contributed by atoms with Gasteiger partial charge in [-0.15, -0.1) is 0 Å². The van der Waals surface area contributed by atoms with Gasteiger partial charge in [0.2, 0.25) is 15.9 Å². The number of benzene rings is 2. The van der Waals surface area contributed by atoms with Gasteiger partial charge in [0, 0.05) is 22.8 Å². The number of carbonyl (C=O) groups excluding carboxylic acids is 1. The van der Waals surface area contributed by atoms with Crippen molar-refractivity contribution in [2.75, 3.05) is 15.9 Å². The van der Waals surface area contributed by atoms with Crippen LogP contribution in [0.3, 0.4) is 0 Å². The Morgan fingerprint density at radius 3 is 2.48 bits per heavy atom. The van der Waals surface area contributed by atoms with Crippen LogP contribution in [-0.2, 0) is 14.8 Å². The Kier molecular flexibility index (Phi) is 6.30. The summed E-state index contributed by atoms with van der Waals surface area (Å²) in [6.45, 7) is 1.37. The third-order valence-corrected chi connectivity index (χ3v) is 5.34. The second kappa shape index (κ2) is 8.12. The van der Waals surface area contributed by atoms with E-state index in [0.717, 1.165) is 10.6 Å². The monoisotopic (exact) mass is 431 g/mol. The molecule has 2 rings (SSSR count). The molecule has 11 heteroatoms. The van der Waals surface area contributed by atoms with E-state index in [-0.39, 0.29) is 27.1 Å². The molecule has 27 heavy (non-hydrogen) atoms. The number of carbonyl (C=O) groups is 1. The lowest BCUT2D eigenvalue weighted by Crippen LogP contribution is -2.45. The van der Waals surface area contributed by atoms with Crippen molar-refractivity contribution in [3.8, 4) is 0 Å². The fourth-order valence-electron chi connectivity index (χ4n) is 2.38. The summed E-state index contributed by atoms with van der Waals surface area (Å²) in [6.07, 6.45) is 0.932. The number of anilines is 2. The van der Waals surface area contributed by atoms with E-state index < -0.39 is 26.9 Å². The van der Waals surface area contributed by atoms with Gasteiger partial charge < -0.3 is 5.32 Å². The molecule has 1 atom stereocenters. The van der Waals surface area contributed by atoms with Gasteiger partial charge in [-0.3, -0.25) is 19.2 Å². The Bertz CT molecular complexity index is 997. The van der Waals surface area contributed by atoms with Crippen LogP contribution < -0.4 is 9.62 Å². The molecule has 0 heterocycles. The van der Waals surface area contributed by atoms with Gasteiger partial charge in [0.05, 0.1) is 21.9 Å². The molecule has 1 N–H and O–H groups in total. The van der Waals surface area contributed by atoms with Gasteiger partial charge in [0.15, 0.2) is 0 Å². The van der Waals surface area contributed by atoms with Gasteiger partial charge in [-0.05, 0) is 31.2 Å². The lowest BCUT2D eigenvalue weighted by Gasteiger charge is -2.29. The van der Waals surface area contributed by atoms with Crippen LogP contribution in [0.2, 0.25) is 10.0 Å². The molecule has 2 aromatic rings. The highest BCUT2D eigenvalue weighted by atomic mass is 35.5. The summed E-state index contributed by atoms with van der Waals surface area (Å²) in [4.78, 5) is 22.8. The topological polar surface area (TPSA) is 110 Å². The maximum Gasteiger partial charge on any atom is 0.271 e. The first kappa shape index (κ1) is 20.9. The average Bonchev–Trinajstić information content (AvgIpc) is 2.57. The average molecular weight is 432 g/mol. The first-order valence-electron chi connectivity index (χ1n) is 7.50. The highest BCUT2D eigenvalue weighted by molar-refractivity contribution is 7.92. The zero-order valence-electron chi connectivity index (χ0n) is 14.2. The van der Waals surface area contributed by atoms with Gasteiger partial charge in [-0.25, -0.2) is 8.42 Å². The van der Waals surface area contributed by atoms with E-state index in [4.69, 9.17) is 23.2 Å². The minimum atomic E-state index is -3.89. The van der Waals surface area contributed by atoms with E-state index in [9.17, 15) is 23.3 Å². The molecule has 0 unspecified atom stereocenters. The van der Waals surface area contributed by atoms with E-state index in [1.165, 1.54) is 49.4 Å². The first-order valence-corrected chi connectivity index (χ1v) is 10.1.